The van der Waals surface area contributed by atoms with E-state index in [4.69, 9.17) is 0 Å². The zero-order valence-electron chi connectivity index (χ0n) is 14.0. The summed E-state index contributed by atoms with van der Waals surface area (Å²) in [6.45, 7) is 12.1. The average Bonchev–Trinajstić information content (AvgIpc) is 2.48. The first kappa shape index (κ1) is 16.2. The van der Waals surface area contributed by atoms with Crippen LogP contribution in [0.15, 0.2) is 18.5 Å². The van der Waals surface area contributed by atoms with Crippen molar-refractivity contribution in [2.75, 3.05) is 38.1 Å². The molecule has 4 heteroatoms. The Bertz CT molecular complexity index is 433. The largest absolute Gasteiger partial charge is 0.368 e. The maximum atomic E-state index is 4.31. The molecule has 2 heterocycles. The summed E-state index contributed by atoms with van der Waals surface area (Å²) < 4.78 is 0. The average molecular weight is 290 g/mol. The number of nitrogens with zero attached hydrogens (tertiary/aromatic N) is 3. The van der Waals surface area contributed by atoms with Gasteiger partial charge in [0.25, 0.3) is 0 Å². The van der Waals surface area contributed by atoms with Crippen LogP contribution in [0.1, 0.15) is 32.8 Å². The van der Waals surface area contributed by atoms with E-state index in [2.05, 4.69) is 54.0 Å². The molecule has 1 atom stereocenters. The highest BCUT2D eigenvalue weighted by molar-refractivity contribution is 5.52. The Labute approximate surface area is 129 Å². The monoisotopic (exact) mass is 290 g/mol. The van der Waals surface area contributed by atoms with Gasteiger partial charge in [-0.1, -0.05) is 20.8 Å². The predicted octanol–water partition coefficient (Wildman–Crippen LogP) is 2.36. The van der Waals surface area contributed by atoms with Crippen molar-refractivity contribution in [1.82, 2.24) is 15.2 Å². The van der Waals surface area contributed by atoms with E-state index in [-0.39, 0.29) is 0 Å². The Morgan fingerprint density at radius 2 is 2.19 bits per heavy atom. The minimum atomic E-state index is 0.656. The van der Waals surface area contributed by atoms with Gasteiger partial charge in [-0.3, -0.25) is 9.88 Å². The molecule has 0 bridgehead atoms. The summed E-state index contributed by atoms with van der Waals surface area (Å²) in [4.78, 5) is 9.33. The van der Waals surface area contributed by atoms with Crippen LogP contribution >= 0.6 is 0 Å². The fourth-order valence-corrected chi connectivity index (χ4v) is 2.97. The minimum Gasteiger partial charge on any atom is -0.368 e. The van der Waals surface area contributed by atoms with Gasteiger partial charge in [0, 0.05) is 55.9 Å². The van der Waals surface area contributed by atoms with Gasteiger partial charge in [-0.05, 0) is 32.0 Å². The number of piperazine rings is 1. The molecule has 1 aromatic heterocycles. The smallest absolute Gasteiger partial charge is 0.0443 e. The topological polar surface area (TPSA) is 31.4 Å². The molecule has 0 aliphatic carbocycles. The Morgan fingerprint density at radius 1 is 1.38 bits per heavy atom. The molecule has 1 aliphatic heterocycles. The number of nitrogens with one attached hydrogen (secondary N) is 1. The molecule has 1 N–H and O–H groups in total. The highest BCUT2D eigenvalue weighted by atomic mass is 15.3. The predicted molar refractivity (Wildman–Crippen MR) is 89.7 cm³/mol. The molecule has 1 aromatic rings. The van der Waals surface area contributed by atoms with Gasteiger partial charge in [-0.2, -0.15) is 0 Å². The van der Waals surface area contributed by atoms with Crippen LogP contribution in [0.3, 0.4) is 0 Å². The van der Waals surface area contributed by atoms with E-state index in [0.717, 1.165) is 32.7 Å². The third kappa shape index (κ3) is 4.42. The highest BCUT2D eigenvalue weighted by Crippen LogP contribution is 2.23. The van der Waals surface area contributed by atoms with Crippen LogP contribution in [0, 0.1) is 5.92 Å². The molecule has 0 radical (unpaired) electrons. The minimum absolute atomic E-state index is 0.656. The van der Waals surface area contributed by atoms with E-state index >= 15 is 0 Å². The molecule has 2 rings (SSSR count). The number of hydrogen-bond donors (Lipinski definition) is 1. The first-order chi connectivity index (χ1) is 10.1. The van der Waals surface area contributed by atoms with Crippen molar-refractivity contribution < 1.29 is 0 Å². The fraction of sp³-hybridized carbons (Fsp3) is 0.706. The molecular weight excluding hydrogens is 260 g/mol. The van der Waals surface area contributed by atoms with E-state index in [1.807, 2.05) is 12.4 Å². The lowest BCUT2D eigenvalue weighted by Gasteiger charge is -2.41. The fourth-order valence-electron chi connectivity index (χ4n) is 2.97. The van der Waals surface area contributed by atoms with Crippen molar-refractivity contribution in [2.24, 2.45) is 5.92 Å². The molecule has 1 aliphatic rings. The number of pyridine rings is 1. The molecule has 4 nitrogen and oxygen atoms in total. The normalized spacial score (nSPS) is 20.2. The molecule has 0 amide bonds. The third-order valence-corrected chi connectivity index (χ3v) is 4.33. The van der Waals surface area contributed by atoms with E-state index < -0.39 is 0 Å². The number of likely N-dealkylation sites (N-methyl/N-ethyl adjacent to an activating group) is 1. The van der Waals surface area contributed by atoms with Gasteiger partial charge in [-0.25, -0.2) is 0 Å². The van der Waals surface area contributed by atoms with Gasteiger partial charge in [0.15, 0.2) is 0 Å². The molecule has 0 saturated carbocycles. The summed E-state index contributed by atoms with van der Waals surface area (Å²) in [6, 6.07) is 2.83. The van der Waals surface area contributed by atoms with E-state index in [9.17, 15) is 0 Å². The van der Waals surface area contributed by atoms with Gasteiger partial charge >= 0.3 is 0 Å². The van der Waals surface area contributed by atoms with Crippen molar-refractivity contribution in [2.45, 2.75) is 39.8 Å². The molecular formula is C17H30N4. The van der Waals surface area contributed by atoms with Gasteiger partial charge in [-0.15, -0.1) is 0 Å². The van der Waals surface area contributed by atoms with Crippen molar-refractivity contribution in [3.8, 4) is 0 Å². The summed E-state index contributed by atoms with van der Waals surface area (Å²) in [5.74, 6) is 0.679. The van der Waals surface area contributed by atoms with Crippen molar-refractivity contribution in [1.29, 1.82) is 0 Å². The summed E-state index contributed by atoms with van der Waals surface area (Å²) in [7, 11) is 2.24. The van der Waals surface area contributed by atoms with Crippen LogP contribution in [-0.2, 0) is 6.54 Å². The van der Waals surface area contributed by atoms with Crippen LogP contribution in [0.2, 0.25) is 0 Å². The second kappa shape index (κ2) is 7.76. The second-order valence-corrected chi connectivity index (χ2v) is 6.52. The molecule has 1 fully saturated rings. The van der Waals surface area contributed by atoms with Crippen LogP contribution in [-0.4, -0.2) is 49.2 Å². The first-order valence-electron chi connectivity index (χ1n) is 8.20. The quantitative estimate of drug-likeness (QED) is 0.871. The van der Waals surface area contributed by atoms with Crippen LogP contribution in [0.5, 0.6) is 0 Å². The summed E-state index contributed by atoms with van der Waals surface area (Å²) >= 11 is 0. The molecule has 1 saturated heterocycles. The Morgan fingerprint density at radius 3 is 2.90 bits per heavy atom. The second-order valence-electron chi connectivity index (χ2n) is 6.52. The molecule has 0 aromatic carbocycles. The van der Waals surface area contributed by atoms with Crippen LogP contribution in [0.4, 0.5) is 5.69 Å². The van der Waals surface area contributed by atoms with Crippen LogP contribution < -0.4 is 10.2 Å². The first-order valence-corrected chi connectivity index (χ1v) is 8.20. The van der Waals surface area contributed by atoms with E-state index in [1.165, 1.54) is 17.7 Å². The van der Waals surface area contributed by atoms with Crippen molar-refractivity contribution in [3.63, 3.8) is 0 Å². The maximum absolute atomic E-state index is 4.31. The summed E-state index contributed by atoms with van der Waals surface area (Å²) in [5, 5.41) is 3.54. The van der Waals surface area contributed by atoms with Gasteiger partial charge in [0.1, 0.15) is 0 Å². The lowest BCUT2D eigenvalue weighted by Crippen LogP contribution is -2.51. The van der Waals surface area contributed by atoms with Gasteiger partial charge in [0.05, 0.1) is 0 Å². The molecule has 0 spiro atoms. The van der Waals surface area contributed by atoms with E-state index in [0.29, 0.717) is 12.0 Å². The van der Waals surface area contributed by atoms with Crippen molar-refractivity contribution in [3.05, 3.63) is 24.0 Å². The molecule has 118 valence electrons. The number of aromatic nitrogens is 1. The standard InChI is InChI=1S/C17H30N4/c1-5-16-13-21(9-8-20(16)4)17-6-7-18-11-15(17)12-19-10-14(2)3/h6-7,11,14,16,19H,5,8-10,12-13H2,1-4H3. The van der Waals surface area contributed by atoms with Gasteiger partial charge < -0.3 is 10.2 Å². The zero-order chi connectivity index (χ0) is 15.2. The van der Waals surface area contributed by atoms with Crippen LogP contribution in [0.25, 0.3) is 0 Å². The van der Waals surface area contributed by atoms with Gasteiger partial charge in [0.2, 0.25) is 0 Å². The summed E-state index contributed by atoms with van der Waals surface area (Å²) in [6.07, 6.45) is 5.14. The lowest BCUT2D eigenvalue weighted by molar-refractivity contribution is 0.213. The lowest BCUT2D eigenvalue weighted by atomic mass is 10.1. The number of rotatable bonds is 6. The number of anilines is 1. The SMILES string of the molecule is CCC1CN(c2ccncc2CNCC(C)C)CCN1C. The molecule has 21 heavy (non-hydrogen) atoms. The molecule has 1 unspecified atom stereocenters. The third-order valence-electron chi connectivity index (χ3n) is 4.33. The summed E-state index contributed by atoms with van der Waals surface area (Å²) in [5.41, 5.74) is 2.67. The number of hydrogen-bond acceptors (Lipinski definition) is 4. The highest BCUT2D eigenvalue weighted by Gasteiger charge is 2.24. The maximum Gasteiger partial charge on any atom is 0.0443 e. The Hall–Kier alpha value is -1.13. The zero-order valence-corrected chi connectivity index (χ0v) is 14.0. The van der Waals surface area contributed by atoms with Crippen molar-refractivity contribution >= 4 is 5.69 Å². The Balaban J connectivity index is 2.05. The Kier molecular flexibility index (Phi) is 6.00. The van der Waals surface area contributed by atoms with E-state index in [1.54, 1.807) is 0 Å².